The molecule has 0 saturated heterocycles. The lowest BCUT2D eigenvalue weighted by molar-refractivity contribution is 0.101. The van der Waals surface area contributed by atoms with E-state index in [1.165, 1.54) is 0 Å². The minimum atomic E-state index is -0.404. The summed E-state index contributed by atoms with van der Waals surface area (Å²) in [5, 5.41) is 6.15. The summed E-state index contributed by atoms with van der Waals surface area (Å²) in [5.41, 5.74) is 3.70. The summed E-state index contributed by atoms with van der Waals surface area (Å²) in [4.78, 5) is 29.1. The van der Waals surface area contributed by atoms with E-state index in [1.54, 1.807) is 42.5 Å². The highest BCUT2D eigenvalue weighted by molar-refractivity contribution is 6.30. The van der Waals surface area contributed by atoms with Gasteiger partial charge in [0.15, 0.2) is 0 Å². The summed E-state index contributed by atoms with van der Waals surface area (Å²) >= 11 is 5.84. The van der Waals surface area contributed by atoms with Crippen molar-refractivity contribution in [3.8, 4) is 0 Å². The molecular formula is C21H18ClN3O2. The third-order valence-electron chi connectivity index (χ3n) is 4.17. The molecule has 0 radical (unpaired) electrons. The number of nitrogens with zero attached hydrogens (tertiary/aromatic N) is 1. The van der Waals surface area contributed by atoms with Crippen LogP contribution >= 0.6 is 11.6 Å². The molecule has 27 heavy (non-hydrogen) atoms. The summed E-state index contributed by atoms with van der Waals surface area (Å²) in [6, 6.07) is 17.2. The van der Waals surface area contributed by atoms with Crippen molar-refractivity contribution in [3.05, 3.63) is 88.2 Å². The van der Waals surface area contributed by atoms with Gasteiger partial charge >= 0.3 is 0 Å². The maximum Gasteiger partial charge on any atom is 0.274 e. The molecule has 1 aromatic heterocycles. The number of halogens is 1. The fourth-order valence-corrected chi connectivity index (χ4v) is 2.61. The van der Waals surface area contributed by atoms with E-state index in [2.05, 4.69) is 15.6 Å². The molecule has 0 bridgehead atoms. The Balaban J connectivity index is 1.76. The van der Waals surface area contributed by atoms with Gasteiger partial charge in [0.1, 0.15) is 11.4 Å². The minimum absolute atomic E-state index is 0.151. The molecule has 0 aliphatic heterocycles. The fraction of sp³-hybridized carbons (Fsp3) is 0.0952. The maximum absolute atomic E-state index is 12.5. The van der Waals surface area contributed by atoms with Crippen LogP contribution in [-0.4, -0.2) is 16.8 Å². The molecule has 0 saturated carbocycles. The van der Waals surface area contributed by atoms with Crippen molar-refractivity contribution in [2.45, 2.75) is 13.8 Å². The van der Waals surface area contributed by atoms with Crippen LogP contribution in [-0.2, 0) is 0 Å². The van der Waals surface area contributed by atoms with E-state index in [0.29, 0.717) is 10.7 Å². The second kappa shape index (κ2) is 8.01. The first kappa shape index (κ1) is 18.6. The number of rotatable bonds is 4. The van der Waals surface area contributed by atoms with Crippen LogP contribution in [0.25, 0.3) is 0 Å². The van der Waals surface area contributed by atoms with Crippen LogP contribution in [0.15, 0.2) is 60.7 Å². The second-order valence-corrected chi connectivity index (χ2v) is 6.51. The number of benzene rings is 2. The topological polar surface area (TPSA) is 71.1 Å². The Bertz CT molecular complexity index is 1000. The Hall–Kier alpha value is -3.18. The van der Waals surface area contributed by atoms with Gasteiger partial charge in [-0.25, -0.2) is 4.98 Å². The third-order valence-corrected chi connectivity index (χ3v) is 4.42. The van der Waals surface area contributed by atoms with Gasteiger partial charge in [-0.2, -0.15) is 0 Å². The standard InChI is InChI=1S/C21H18ClN3O2/c1-13-5-3-6-17(14(13)2)25-21(27)19-8-4-7-18(24-19)20(26)23-16-11-9-15(22)10-12-16/h3-12H,1-2H3,(H,23,26)(H,25,27). The molecule has 136 valence electrons. The molecule has 0 atom stereocenters. The zero-order valence-corrected chi connectivity index (χ0v) is 15.7. The largest absolute Gasteiger partial charge is 0.321 e. The average molecular weight is 380 g/mol. The lowest BCUT2D eigenvalue weighted by Crippen LogP contribution is -2.19. The monoisotopic (exact) mass is 379 g/mol. The third kappa shape index (κ3) is 4.51. The van der Waals surface area contributed by atoms with E-state index in [4.69, 9.17) is 11.6 Å². The van der Waals surface area contributed by atoms with Crippen LogP contribution in [0.5, 0.6) is 0 Å². The van der Waals surface area contributed by atoms with E-state index < -0.39 is 5.91 Å². The molecule has 0 unspecified atom stereocenters. The second-order valence-electron chi connectivity index (χ2n) is 6.07. The van der Waals surface area contributed by atoms with Crippen LogP contribution in [0.3, 0.4) is 0 Å². The predicted octanol–water partition coefficient (Wildman–Crippen LogP) is 4.86. The maximum atomic E-state index is 12.5. The zero-order valence-electron chi connectivity index (χ0n) is 14.9. The number of aryl methyl sites for hydroxylation is 1. The smallest absolute Gasteiger partial charge is 0.274 e. The normalized spacial score (nSPS) is 10.3. The van der Waals surface area contributed by atoms with E-state index in [0.717, 1.165) is 16.8 Å². The zero-order chi connectivity index (χ0) is 19.4. The molecule has 0 aliphatic rings. The highest BCUT2D eigenvalue weighted by Gasteiger charge is 2.14. The number of nitrogens with one attached hydrogen (secondary N) is 2. The van der Waals surface area contributed by atoms with Crippen molar-refractivity contribution in [2.75, 3.05) is 10.6 Å². The van der Waals surface area contributed by atoms with Gasteiger partial charge in [0.25, 0.3) is 11.8 Å². The van der Waals surface area contributed by atoms with Gasteiger partial charge in [-0.3, -0.25) is 9.59 Å². The van der Waals surface area contributed by atoms with Gasteiger partial charge in [0.2, 0.25) is 0 Å². The molecule has 2 N–H and O–H groups in total. The van der Waals surface area contributed by atoms with Gasteiger partial charge in [-0.15, -0.1) is 0 Å². The van der Waals surface area contributed by atoms with E-state index in [9.17, 15) is 9.59 Å². The van der Waals surface area contributed by atoms with Gasteiger partial charge in [-0.1, -0.05) is 29.8 Å². The van der Waals surface area contributed by atoms with Gasteiger partial charge < -0.3 is 10.6 Å². The summed E-state index contributed by atoms with van der Waals surface area (Å²) in [6.45, 7) is 3.92. The molecule has 0 spiro atoms. The molecule has 0 fully saturated rings. The Labute approximate surface area is 162 Å². The quantitative estimate of drug-likeness (QED) is 0.680. The van der Waals surface area contributed by atoms with Crippen molar-refractivity contribution in [1.29, 1.82) is 0 Å². The van der Waals surface area contributed by atoms with E-state index >= 15 is 0 Å². The highest BCUT2D eigenvalue weighted by atomic mass is 35.5. The Kier molecular flexibility index (Phi) is 5.52. The average Bonchev–Trinajstić information content (AvgIpc) is 2.67. The van der Waals surface area contributed by atoms with Crippen LogP contribution in [0.1, 0.15) is 32.1 Å². The number of hydrogen-bond acceptors (Lipinski definition) is 3. The molecule has 6 heteroatoms. The molecule has 0 aliphatic carbocycles. The first-order valence-electron chi connectivity index (χ1n) is 8.35. The predicted molar refractivity (Wildman–Crippen MR) is 108 cm³/mol. The number of carbonyl (C=O) groups excluding carboxylic acids is 2. The molecule has 3 rings (SSSR count). The Morgan fingerprint density at radius 2 is 1.41 bits per heavy atom. The number of carbonyl (C=O) groups is 2. The van der Waals surface area contributed by atoms with Crippen molar-refractivity contribution >= 4 is 34.8 Å². The van der Waals surface area contributed by atoms with Crippen molar-refractivity contribution in [2.24, 2.45) is 0 Å². The van der Waals surface area contributed by atoms with Crippen LogP contribution < -0.4 is 10.6 Å². The molecule has 3 aromatic rings. The number of pyridine rings is 1. The summed E-state index contributed by atoms with van der Waals surface area (Å²) in [7, 11) is 0. The first-order valence-corrected chi connectivity index (χ1v) is 8.73. The molecular weight excluding hydrogens is 362 g/mol. The summed E-state index contributed by atoms with van der Waals surface area (Å²) < 4.78 is 0. The molecule has 2 aromatic carbocycles. The molecule has 5 nitrogen and oxygen atoms in total. The fourth-order valence-electron chi connectivity index (χ4n) is 2.49. The van der Waals surface area contributed by atoms with Gasteiger partial charge in [0.05, 0.1) is 0 Å². The van der Waals surface area contributed by atoms with Crippen LogP contribution in [0.2, 0.25) is 5.02 Å². The first-order chi connectivity index (χ1) is 12.9. The minimum Gasteiger partial charge on any atom is -0.321 e. The number of hydrogen-bond donors (Lipinski definition) is 2. The highest BCUT2D eigenvalue weighted by Crippen LogP contribution is 2.19. The number of aromatic nitrogens is 1. The number of amides is 2. The van der Waals surface area contributed by atoms with Gasteiger partial charge in [0, 0.05) is 16.4 Å². The number of anilines is 2. The van der Waals surface area contributed by atoms with Crippen LogP contribution in [0, 0.1) is 13.8 Å². The van der Waals surface area contributed by atoms with Crippen LogP contribution in [0.4, 0.5) is 11.4 Å². The molecule has 1 heterocycles. The summed E-state index contributed by atoms with van der Waals surface area (Å²) in [6.07, 6.45) is 0. The van der Waals surface area contributed by atoms with Crippen molar-refractivity contribution < 1.29 is 9.59 Å². The molecule has 2 amide bonds. The Morgan fingerprint density at radius 3 is 2.07 bits per heavy atom. The lowest BCUT2D eigenvalue weighted by atomic mass is 10.1. The lowest BCUT2D eigenvalue weighted by Gasteiger charge is -2.10. The Morgan fingerprint density at radius 1 is 0.815 bits per heavy atom. The SMILES string of the molecule is Cc1cccc(NC(=O)c2cccc(C(=O)Nc3ccc(Cl)cc3)n2)c1C. The van der Waals surface area contributed by atoms with E-state index in [-0.39, 0.29) is 17.3 Å². The van der Waals surface area contributed by atoms with E-state index in [1.807, 2.05) is 32.0 Å². The van der Waals surface area contributed by atoms with Crippen molar-refractivity contribution in [3.63, 3.8) is 0 Å². The summed E-state index contributed by atoms with van der Waals surface area (Å²) in [5.74, 6) is -0.774. The van der Waals surface area contributed by atoms with Crippen molar-refractivity contribution in [1.82, 2.24) is 4.98 Å². The van der Waals surface area contributed by atoms with Gasteiger partial charge in [-0.05, 0) is 67.4 Å².